The van der Waals surface area contributed by atoms with E-state index >= 15 is 0 Å². The van der Waals surface area contributed by atoms with Crippen molar-refractivity contribution in [2.24, 2.45) is 5.92 Å². The molecule has 1 saturated heterocycles. The normalized spacial score (nSPS) is 19.9. The van der Waals surface area contributed by atoms with Gasteiger partial charge in [0.25, 0.3) is 0 Å². The number of Topliss-reactive ketones (excluding diaryl/α,β-unsaturated/α-hetero) is 1. The highest BCUT2D eigenvalue weighted by Crippen LogP contribution is 2.19. The summed E-state index contributed by atoms with van der Waals surface area (Å²) in [6.07, 6.45) is 0.393. The van der Waals surface area contributed by atoms with Crippen LogP contribution in [0.3, 0.4) is 0 Å². The first-order valence-corrected chi connectivity index (χ1v) is 7.14. The zero-order valence-electron chi connectivity index (χ0n) is 11.5. The fourth-order valence-corrected chi connectivity index (χ4v) is 2.59. The van der Waals surface area contributed by atoms with Crippen molar-refractivity contribution >= 4 is 23.4 Å². The van der Waals surface area contributed by atoms with Gasteiger partial charge in [0.1, 0.15) is 11.7 Å². The minimum atomic E-state index is -0.650. The molecule has 1 aromatic carbocycles. The average Bonchev–Trinajstić information content (AvgIpc) is 2.41. The second-order valence-corrected chi connectivity index (χ2v) is 5.32. The van der Waals surface area contributed by atoms with Crippen LogP contribution in [0.1, 0.15) is 18.9 Å². The van der Waals surface area contributed by atoms with Crippen LogP contribution in [0.25, 0.3) is 0 Å². The van der Waals surface area contributed by atoms with Crippen molar-refractivity contribution in [2.75, 3.05) is 19.7 Å². The first-order valence-electron chi connectivity index (χ1n) is 6.76. The second kappa shape index (κ2) is 6.86. The lowest BCUT2D eigenvalue weighted by atomic mass is 9.96. The van der Waals surface area contributed by atoms with Gasteiger partial charge in [-0.1, -0.05) is 23.7 Å². The topological polar surface area (TPSA) is 46.6 Å². The standard InChI is InChI=1S/C15H18ClNO3/c1-2-20-15(19)13-10-17(7-6-14(13)18)9-11-4-3-5-12(16)8-11/h3-5,8,13H,2,6-7,9-10H2,1H3. The Balaban J connectivity index is 2.00. The molecule has 0 spiro atoms. The number of carbonyl (C=O) groups excluding carboxylic acids is 2. The molecule has 1 heterocycles. The Morgan fingerprint density at radius 2 is 2.30 bits per heavy atom. The van der Waals surface area contributed by atoms with E-state index in [4.69, 9.17) is 16.3 Å². The Bertz CT molecular complexity index is 504. The van der Waals surface area contributed by atoms with Gasteiger partial charge in [-0.05, 0) is 24.6 Å². The predicted octanol–water partition coefficient (Wildman–Crippen LogP) is 2.29. The largest absolute Gasteiger partial charge is 0.465 e. The van der Waals surface area contributed by atoms with E-state index in [1.165, 1.54) is 0 Å². The number of hydrogen-bond donors (Lipinski definition) is 0. The van der Waals surface area contributed by atoms with Crippen molar-refractivity contribution in [2.45, 2.75) is 19.9 Å². The molecule has 0 amide bonds. The van der Waals surface area contributed by atoms with Crippen LogP contribution in [0.5, 0.6) is 0 Å². The minimum absolute atomic E-state index is 0.0224. The highest BCUT2D eigenvalue weighted by atomic mass is 35.5. The molecule has 108 valence electrons. The number of hydrogen-bond acceptors (Lipinski definition) is 4. The van der Waals surface area contributed by atoms with Gasteiger partial charge in [-0.25, -0.2) is 0 Å². The molecular weight excluding hydrogens is 278 g/mol. The van der Waals surface area contributed by atoms with Gasteiger partial charge in [-0.2, -0.15) is 0 Å². The van der Waals surface area contributed by atoms with Gasteiger partial charge in [0.15, 0.2) is 0 Å². The van der Waals surface area contributed by atoms with Gasteiger partial charge in [-0.15, -0.1) is 0 Å². The molecule has 20 heavy (non-hydrogen) atoms. The van der Waals surface area contributed by atoms with E-state index < -0.39 is 11.9 Å². The lowest BCUT2D eigenvalue weighted by molar-refractivity contribution is -0.154. The van der Waals surface area contributed by atoms with Gasteiger partial charge < -0.3 is 4.74 Å². The number of rotatable bonds is 4. The summed E-state index contributed by atoms with van der Waals surface area (Å²) in [5.41, 5.74) is 1.08. The summed E-state index contributed by atoms with van der Waals surface area (Å²) in [6.45, 7) is 3.82. The van der Waals surface area contributed by atoms with E-state index in [1.807, 2.05) is 24.3 Å². The number of esters is 1. The molecule has 0 bridgehead atoms. The molecule has 5 heteroatoms. The van der Waals surface area contributed by atoms with Crippen LogP contribution in [0.2, 0.25) is 5.02 Å². The summed E-state index contributed by atoms with van der Waals surface area (Å²) in [5, 5.41) is 0.692. The maximum absolute atomic E-state index is 11.8. The molecule has 1 aliphatic rings. The molecule has 0 N–H and O–H groups in total. The van der Waals surface area contributed by atoms with E-state index in [-0.39, 0.29) is 5.78 Å². The smallest absolute Gasteiger partial charge is 0.317 e. The molecule has 1 fully saturated rings. The van der Waals surface area contributed by atoms with Gasteiger partial charge in [0.2, 0.25) is 0 Å². The zero-order chi connectivity index (χ0) is 14.5. The summed E-state index contributed by atoms with van der Waals surface area (Å²) in [7, 11) is 0. The molecule has 1 aromatic rings. The third-order valence-corrected chi connectivity index (χ3v) is 3.61. The van der Waals surface area contributed by atoms with Crippen LogP contribution in [0.15, 0.2) is 24.3 Å². The first-order chi connectivity index (χ1) is 9.60. The molecular formula is C15H18ClNO3. The van der Waals surface area contributed by atoms with Crippen LogP contribution in [-0.2, 0) is 20.9 Å². The van der Waals surface area contributed by atoms with Gasteiger partial charge in [0, 0.05) is 31.1 Å². The average molecular weight is 296 g/mol. The van der Waals surface area contributed by atoms with E-state index in [2.05, 4.69) is 4.90 Å². The Morgan fingerprint density at radius 3 is 3.00 bits per heavy atom. The lowest BCUT2D eigenvalue weighted by Crippen LogP contribution is -2.44. The van der Waals surface area contributed by atoms with E-state index in [1.54, 1.807) is 6.92 Å². The van der Waals surface area contributed by atoms with Crippen LogP contribution in [0, 0.1) is 5.92 Å². The minimum Gasteiger partial charge on any atom is -0.465 e. The highest BCUT2D eigenvalue weighted by molar-refractivity contribution is 6.30. The highest BCUT2D eigenvalue weighted by Gasteiger charge is 2.33. The van der Waals surface area contributed by atoms with E-state index in [0.717, 1.165) is 5.56 Å². The number of nitrogens with zero attached hydrogens (tertiary/aromatic N) is 1. The fraction of sp³-hybridized carbons (Fsp3) is 0.467. The summed E-state index contributed by atoms with van der Waals surface area (Å²) in [6, 6.07) is 7.61. The molecule has 0 aromatic heterocycles. The third-order valence-electron chi connectivity index (χ3n) is 3.37. The van der Waals surface area contributed by atoms with Crippen molar-refractivity contribution in [1.82, 2.24) is 4.90 Å². The monoisotopic (exact) mass is 295 g/mol. The summed E-state index contributed by atoms with van der Waals surface area (Å²) >= 11 is 5.96. The zero-order valence-corrected chi connectivity index (χ0v) is 12.2. The number of piperidine rings is 1. The number of benzene rings is 1. The van der Waals surface area contributed by atoms with Crippen molar-refractivity contribution in [3.05, 3.63) is 34.9 Å². The summed E-state index contributed by atoms with van der Waals surface area (Å²) < 4.78 is 4.96. The number of likely N-dealkylation sites (tertiary alicyclic amines) is 1. The number of ketones is 1. The third kappa shape index (κ3) is 3.81. The Labute approximate surface area is 123 Å². The fourth-order valence-electron chi connectivity index (χ4n) is 2.38. The van der Waals surface area contributed by atoms with Crippen LogP contribution < -0.4 is 0 Å². The van der Waals surface area contributed by atoms with Crippen LogP contribution >= 0.6 is 11.6 Å². The summed E-state index contributed by atoms with van der Waals surface area (Å²) in [4.78, 5) is 25.7. The molecule has 4 nitrogen and oxygen atoms in total. The van der Waals surface area contributed by atoms with E-state index in [0.29, 0.717) is 37.7 Å². The lowest BCUT2D eigenvalue weighted by Gasteiger charge is -2.30. The molecule has 0 radical (unpaired) electrons. The SMILES string of the molecule is CCOC(=O)C1CN(Cc2cccc(Cl)c2)CCC1=O. The predicted molar refractivity (Wildman–Crippen MR) is 76.5 cm³/mol. The number of halogens is 1. The number of carbonyl (C=O) groups is 2. The second-order valence-electron chi connectivity index (χ2n) is 4.89. The van der Waals surface area contributed by atoms with Crippen LogP contribution in [-0.4, -0.2) is 36.3 Å². The van der Waals surface area contributed by atoms with Crippen LogP contribution in [0.4, 0.5) is 0 Å². The maximum atomic E-state index is 11.8. The Morgan fingerprint density at radius 1 is 1.50 bits per heavy atom. The molecule has 0 aliphatic carbocycles. The van der Waals surface area contributed by atoms with Crippen molar-refractivity contribution < 1.29 is 14.3 Å². The molecule has 2 rings (SSSR count). The van der Waals surface area contributed by atoms with Crippen molar-refractivity contribution in [3.8, 4) is 0 Å². The van der Waals surface area contributed by atoms with Gasteiger partial charge >= 0.3 is 5.97 Å². The van der Waals surface area contributed by atoms with Crippen molar-refractivity contribution in [3.63, 3.8) is 0 Å². The van der Waals surface area contributed by atoms with E-state index in [9.17, 15) is 9.59 Å². The molecule has 1 atom stereocenters. The first kappa shape index (κ1) is 15.0. The molecule has 1 aliphatic heterocycles. The molecule has 0 saturated carbocycles. The van der Waals surface area contributed by atoms with Gasteiger partial charge in [0.05, 0.1) is 6.61 Å². The number of ether oxygens (including phenoxy) is 1. The maximum Gasteiger partial charge on any atom is 0.317 e. The van der Waals surface area contributed by atoms with Gasteiger partial charge in [-0.3, -0.25) is 14.5 Å². The summed E-state index contributed by atoms with van der Waals surface area (Å²) in [5.74, 6) is -1.08. The quantitative estimate of drug-likeness (QED) is 0.632. The van der Waals surface area contributed by atoms with Crippen molar-refractivity contribution in [1.29, 1.82) is 0 Å². The molecule has 1 unspecified atom stereocenters. The Kier molecular flexibility index (Phi) is 5.15. The Hall–Kier alpha value is -1.39.